The minimum absolute atomic E-state index is 0.0531. The van der Waals surface area contributed by atoms with Crippen LogP contribution < -0.4 is 4.74 Å². The van der Waals surface area contributed by atoms with E-state index in [9.17, 15) is 9.90 Å². The molecule has 15 heavy (non-hydrogen) atoms. The molecular formula is C12H12O3. The Morgan fingerprint density at radius 2 is 2.27 bits per heavy atom. The van der Waals surface area contributed by atoms with Crippen molar-refractivity contribution in [3.8, 4) is 11.5 Å². The van der Waals surface area contributed by atoms with Gasteiger partial charge in [-0.2, -0.15) is 0 Å². The smallest absolute Gasteiger partial charge is 0.167 e. The molecule has 0 saturated carbocycles. The fourth-order valence-corrected chi connectivity index (χ4v) is 2.55. The SMILES string of the molecule is O=C1CCC[C@@H]2COc3ccc(O)c1c32. The first-order valence-corrected chi connectivity index (χ1v) is 5.29. The highest BCUT2D eigenvalue weighted by Crippen LogP contribution is 2.44. The maximum absolute atomic E-state index is 11.8. The molecule has 2 aliphatic rings. The first-order chi connectivity index (χ1) is 7.27. The van der Waals surface area contributed by atoms with E-state index in [1.165, 1.54) is 0 Å². The highest BCUT2D eigenvalue weighted by molar-refractivity contribution is 6.01. The lowest BCUT2D eigenvalue weighted by Crippen LogP contribution is -2.01. The van der Waals surface area contributed by atoms with Crippen LogP contribution in [0.2, 0.25) is 0 Å². The molecule has 0 fully saturated rings. The molecule has 1 aliphatic heterocycles. The summed E-state index contributed by atoms with van der Waals surface area (Å²) in [5.41, 5.74) is 1.45. The molecule has 3 nitrogen and oxygen atoms in total. The van der Waals surface area contributed by atoms with E-state index in [0.29, 0.717) is 24.5 Å². The minimum Gasteiger partial charge on any atom is -0.507 e. The Morgan fingerprint density at radius 3 is 3.13 bits per heavy atom. The van der Waals surface area contributed by atoms with Crippen LogP contribution >= 0.6 is 0 Å². The summed E-state index contributed by atoms with van der Waals surface area (Å²) in [6.45, 7) is 0.652. The molecule has 1 N–H and O–H groups in total. The number of ether oxygens (including phenoxy) is 1. The Bertz CT molecular complexity index is 437. The maximum Gasteiger partial charge on any atom is 0.167 e. The second-order valence-electron chi connectivity index (χ2n) is 4.19. The molecule has 0 radical (unpaired) electrons. The fourth-order valence-electron chi connectivity index (χ4n) is 2.55. The Kier molecular flexibility index (Phi) is 1.75. The van der Waals surface area contributed by atoms with Gasteiger partial charge in [0.05, 0.1) is 12.2 Å². The number of ketones is 1. The zero-order chi connectivity index (χ0) is 10.4. The summed E-state index contributed by atoms with van der Waals surface area (Å²) >= 11 is 0. The number of phenolic OH excluding ortho intramolecular Hbond substituents is 1. The minimum atomic E-state index is 0.0531. The van der Waals surface area contributed by atoms with Crippen LogP contribution in [-0.4, -0.2) is 17.5 Å². The summed E-state index contributed by atoms with van der Waals surface area (Å²) in [7, 11) is 0. The third-order valence-electron chi connectivity index (χ3n) is 3.27. The van der Waals surface area contributed by atoms with Crippen molar-refractivity contribution in [3.63, 3.8) is 0 Å². The van der Waals surface area contributed by atoms with Crippen molar-refractivity contribution in [1.29, 1.82) is 0 Å². The van der Waals surface area contributed by atoms with Gasteiger partial charge in [0.25, 0.3) is 0 Å². The van der Waals surface area contributed by atoms with Crippen LogP contribution in [0, 0.1) is 0 Å². The van der Waals surface area contributed by atoms with Gasteiger partial charge in [0.15, 0.2) is 5.78 Å². The number of phenols is 1. The molecular weight excluding hydrogens is 192 g/mol. The molecule has 1 heterocycles. The molecule has 0 unspecified atom stereocenters. The number of carbonyl (C=O) groups is 1. The normalized spacial score (nSPS) is 23.2. The molecule has 1 aliphatic carbocycles. The monoisotopic (exact) mass is 204 g/mol. The van der Waals surface area contributed by atoms with Gasteiger partial charge in [-0.3, -0.25) is 4.79 Å². The summed E-state index contributed by atoms with van der Waals surface area (Å²) in [6, 6.07) is 3.31. The van der Waals surface area contributed by atoms with E-state index in [1.807, 2.05) is 0 Å². The van der Waals surface area contributed by atoms with E-state index in [1.54, 1.807) is 12.1 Å². The lowest BCUT2D eigenvalue weighted by molar-refractivity contribution is 0.0979. The third-order valence-corrected chi connectivity index (χ3v) is 3.27. The van der Waals surface area contributed by atoms with Gasteiger partial charge >= 0.3 is 0 Å². The van der Waals surface area contributed by atoms with E-state index in [4.69, 9.17) is 4.74 Å². The molecule has 1 atom stereocenters. The number of aromatic hydroxyl groups is 1. The first-order valence-electron chi connectivity index (χ1n) is 5.29. The Balaban J connectivity index is 2.28. The topological polar surface area (TPSA) is 46.5 Å². The Morgan fingerprint density at radius 1 is 1.40 bits per heavy atom. The second kappa shape index (κ2) is 2.99. The predicted octanol–water partition coefficient (Wildman–Crippen LogP) is 2.23. The lowest BCUT2D eigenvalue weighted by Gasteiger charge is -2.08. The largest absolute Gasteiger partial charge is 0.507 e. The van der Waals surface area contributed by atoms with Crippen LogP contribution in [0.1, 0.15) is 41.1 Å². The van der Waals surface area contributed by atoms with Gasteiger partial charge < -0.3 is 9.84 Å². The van der Waals surface area contributed by atoms with Crippen molar-refractivity contribution < 1.29 is 14.6 Å². The summed E-state index contributed by atoms with van der Waals surface area (Å²) in [6.07, 6.45) is 2.41. The highest BCUT2D eigenvalue weighted by atomic mass is 16.5. The Hall–Kier alpha value is -1.51. The summed E-state index contributed by atoms with van der Waals surface area (Å²) in [4.78, 5) is 11.8. The Labute approximate surface area is 87.7 Å². The molecule has 1 aromatic carbocycles. The van der Waals surface area contributed by atoms with E-state index in [-0.39, 0.29) is 11.5 Å². The van der Waals surface area contributed by atoms with Gasteiger partial charge in [-0.25, -0.2) is 0 Å². The third kappa shape index (κ3) is 1.16. The number of Topliss-reactive ketones (excluding diaryl/α,β-unsaturated/α-hetero) is 1. The number of rotatable bonds is 0. The average Bonchev–Trinajstić information content (AvgIpc) is 2.53. The van der Waals surface area contributed by atoms with Gasteiger partial charge in [0.1, 0.15) is 11.5 Å². The highest BCUT2D eigenvalue weighted by Gasteiger charge is 2.33. The van der Waals surface area contributed by atoms with Crippen LogP contribution in [0.25, 0.3) is 0 Å². The van der Waals surface area contributed by atoms with Crippen LogP contribution in [0.15, 0.2) is 12.1 Å². The maximum atomic E-state index is 11.8. The van der Waals surface area contributed by atoms with Crippen LogP contribution in [0.3, 0.4) is 0 Å². The van der Waals surface area contributed by atoms with Gasteiger partial charge in [-0.15, -0.1) is 0 Å². The average molecular weight is 204 g/mol. The van der Waals surface area contributed by atoms with E-state index >= 15 is 0 Å². The summed E-state index contributed by atoms with van der Waals surface area (Å²) in [5, 5.41) is 9.75. The molecule has 1 aromatic rings. The fraction of sp³-hybridized carbons (Fsp3) is 0.417. The van der Waals surface area contributed by atoms with E-state index < -0.39 is 0 Å². The molecule has 78 valence electrons. The summed E-state index contributed by atoms with van der Waals surface area (Å²) in [5.74, 6) is 1.24. The predicted molar refractivity (Wildman–Crippen MR) is 54.5 cm³/mol. The molecule has 0 amide bonds. The standard InChI is InChI=1S/C12H12O3/c13-8-3-1-2-7-6-15-10-5-4-9(14)12(8)11(7)10/h4-5,7,14H,1-3,6H2/t7-/m1/s1. The van der Waals surface area contributed by atoms with Gasteiger partial charge in [-0.1, -0.05) is 0 Å². The van der Waals surface area contributed by atoms with Crippen LogP contribution in [-0.2, 0) is 0 Å². The quantitative estimate of drug-likeness (QED) is 0.704. The number of carbonyl (C=O) groups excluding carboxylic acids is 1. The van der Waals surface area contributed by atoms with Crippen LogP contribution in [0.5, 0.6) is 11.5 Å². The first kappa shape index (κ1) is 8.77. The molecule has 0 spiro atoms. The van der Waals surface area contributed by atoms with Gasteiger partial charge in [0, 0.05) is 17.9 Å². The van der Waals surface area contributed by atoms with Crippen LogP contribution in [0.4, 0.5) is 0 Å². The molecule has 3 heteroatoms. The van der Waals surface area contributed by atoms with E-state index in [2.05, 4.69) is 0 Å². The van der Waals surface area contributed by atoms with Crippen molar-refractivity contribution in [1.82, 2.24) is 0 Å². The summed E-state index contributed by atoms with van der Waals surface area (Å²) < 4.78 is 5.52. The number of hydrogen-bond acceptors (Lipinski definition) is 3. The van der Waals surface area contributed by atoms with E-state index in [0.717, 1.165) is 24.2 Å². The van der Waals surface area contributed by atoms with Gasteiger partial charge in [0.2, 0.25) is 0 Å². The number of hydrogen-bond donors (Lipinski definition) is 1. The second-order valence-corrected chi connectivity index (χ2v) is 4.19. The number of benzene rings is 1. The molecule has 0 aromatic heterocycles. The van der Waals surface area contributed by atoms with Gasteiger partial charge in [-0.05, 0) is 25.0 Å². The van der Waals surface area contributed by atoms with Crippen molar-refractivity contribution >= 4 is 5.78 Å². The molecule has 3 rings (SSSR count). The lowest BCUT2D eigenvalue weighted by atomic mass is 9.93. The van der Waals surface area contributed by atoms with Crippen molar-refractivity contribution in [2.75, 3.05) is 6.61 Å². The zero-order valence-corrected chi connectivity index (χ0v) is 8.32. The zero-order valence-electron chi connectivity index (χ0n) is 8.32. The van der Waals surface area contributed by atoms with Crippen molar-refractivity contribution in [2.45, 2.75) is 25.2 Å². The van der Waals surface area contributed by atoms with Crippen molar-refractivity contribution in [3.05, 3.63) is 23.3 Å². The molecule has 0 bridgehead atoms. The van der Waals surface area contributed by atoms with Crippen molar-refractivity contribution in [2.24, 2.45) is 0 Å². The molecule has 0 saturated heterocycles.